The van der Waals surface area contributed by atoms with E-state index in [1.54, 1.807) is 4.90 Å². The van der Waals surface area contributed by atoms with Gasteiger partial charge in [-0.1, -0.05) is 0 Å². The van der Waals surface area contributed by atoms with E-state index in [-0.39, 0.29) is 17.7 Å². The molecule has 0 saturated carbocycles. The molecule has 0 radical (unpaired) electrons. The number of hydrogen-bond donors (Lipinski definition) is 0. The minimum atomic E-state index is -0.498. The summed E-state index contributed by atoms with van der Waals surface area (Å²) in [6.07, 6.45) is 1.86. The lowest BCUT2D eigenvalue weighted by Gasteiger charge is -2.32. The summed E-state index contributed by atoms with van der Waals surface area (Å²) < 4.78 is 6.14. The number of hydrogen-bond acceptors (Lipinski definition) is 4. The van der Waals surface area contributed by atoms with Gasteiger partial charge in [0.25, 0.3) is 11.6 Å². The number of benzene rings is 1. The number of halogens is 1. The number of nitro groups is 1. The highest BCUT2D eigenvalue weighted by Gasteiger charge is 2.26. The molecule has 0 spiro atoms. The summed E-state index contributed by atoms with van der Waals surface area (Å²) in [7, 11) is 0. The van der Waals surface area contributed by atoms with Gasteiger partial charge in [-0.25, -0.2) is 0 Å². The van der Waals surface area contributed by atoms with Crippen molar-refractivity contribution < 1.29 is 14.5 Å². The summed E-state index contributed by atoms with van der Waals surface area (Å²) in [5, 5.41) is 10.8. The first-order valence-electron chi connectivity index (χ1n) is 6.87. The largest absolute Gasteiger partial charge is 0.377 e. The quantitative estimate of drug-likeness (QED) is 0.613. The molecule has 1 aliphatic rings. The molecule has 1 heterocycles. The molecule has 1 saturated heterocycles. The van der Waals surface area contributed by atoms with Crippen molar-refractivity contribution in [2.45, 2.75) is 25.9 Å². The summed E-state index contributed by atoms with van der Waals surface area (Å²) in [6, 6.07) is 4.23. The summed E-state index contributed by atoms with van der Waals surface area (Å²) in [6.45, 7) is 3.73. The van der Waals surface area contributed by atoms with E-state index in [2.05, 4.69) is 15.9 Å². The van der Waals surface area contributed by atoms with Gasteiger partial charge in [0.1, 0.15) is 0 Å². The Morgan fingerprint density at radius 1 is 1.57 bits per heavy atom. The van der Waals surface area contributed by atoms with Crippen molar-refractivity contribution in [1.82, 2.24) is 4.90 Å². The number of rotatable bonds is 4. The lowest BCUT2D eigenvalue weighted by molar-refractivity contribution is -0.384. The van der Waals surface area contributed by atoms with Crippen LogP contribution in [0.1, 0.15) is 30.1 Å². The first kappa shape index (κ1) is 15.9. The molecule has 1 atom stereocenters. The van der Waals surface area contributed by atoms with E-state index in [0.717, 1.165) is 12.8 Å². The van der Waals surface area contributed by atoms with E-state index in [1.807, 2.05) is 6.92 Å². The predicted octanol–water partition coefficient (Wildman–Crippen LogP) is 3.00. The Morgan fingerprint density at radius 2 is 2.33 bits per heavy atom. The van der Waals surface area contributed by atoms with Crippen molar-refractivity contribution in [3.05, 3.63) is 38.3 Å². The Hall–Kier alpha value is -1.47. The normalized spacial score (nSPS) is 18.6. The van der Waals surface area contributed by atoms with Gasteiger partial charge in [0.15, 0.2) is 0 Å². The van der Waals surface area contributed by atoms with Crippen LogP contribution < -0.4 is 0 Å². The lowest BCUT2D eigenvalue weighted by Crippen LogP contribution is -2.43. The van der Waals surface area contributed by atoms with E-state index in [4.69, 9.17) is 4.74 Å². The van der Waals surface area contributed by atoms with E-state index in [0.29, 0.717) is 29.7 Å². The molecule has 0 N–H and O–H groups in total. The predicted molar refractivity (Wildman–Crippen MR) is 81.3 cm³/mol. The number of carbonyl (C=O) groups is 1. The van der Waals surface area contributed by atoms with Crippen LogP contribution in [0.2, 0.25) is 0 Å². The third-order valence-corrected chi connectivity index (χ3v) is 4.15. The number of nitrogens with zero attached hydrogens (tertiary/aromatic N) is 2. The van der Waals surface area contributed by atoms with Crippen molar-refractivity contribution >= 4 is 27.5 Å². The number of carbonyl (C=O) groups excluding carboxylic acids is 1. The average Bonchev–Trinajstić information content (AvgIpc) is 2.47. The molecule has 1 fully saturated rings. The van der Waals surface area contributed by atoms with Gasteiger partial charge in [0, 0.05) is 36.3 Å². The Balaban J connectivity index is 2.19. The SMILES string of the molecule is CCOC1CCCN(C(=O)c2cc([N+](=O)[O-])ccc2Br)C1. The maximum Gasteiger partial charge on any atom is 0.270 e. The van der Waals surface area contributed by atoms with Crippen LogP contribution in [0, 0.1) is 10.1 Å². The fourth-order valence-electron chi connectivity index (χ4n) is 2.46. The number of likely N-dealkylation sites (tertiary alicyclic amines) is 1. The third-order valence-electron chi connectivity index (χ3n) is 3.46. The summed E-state index contributed by atoms with van der Waals surface area (Å²) in [5.41, 5.74) is 0.237. The molecule has 1 aromatic rings. The second-order valence-corrected chi connectivity index (χ2v) is 5.75. The van der Waals surface area contributed by atoms with Crippen molar-refractivity contribution in [3.63, 3.8) is 0 Å². The van der Waals surface area contributed by atoms with Crippen molar-refractivity contribution in [3.8, 4) is 0 Å². The maximum atomic E-state index is 12.6. The van der Waals surface area contributed by atoms with Crippen LogP contribution in [0.4, 0.5) is 5.69 Å². The van der Waals surface area contributed by atoms with Gasteiger partial charge < -0.3 is 9.64 Å². The standard InChI is InChI=1S/C14H17BrN2O4/c1-2-21-11-4-3-7-16(9-11)14(18)12-8-10(17(19)20)5-6-13(12)15/h5-6,8,11H,2-4,7,9H2,1H3. The van der Waals surface area contributed by atoms with Gasteiger partial charge in [-0.15, -0.1) is 0 Å². The zero-order chi connectivity index (χ0) is 15.4. The Morgan fingerprint density at radius 3 is 3.00 bits per heavy atom. The zero-order valence-electron chi connectivity index (χ0n) is 11.8. The molecule has 1 aliphatic heterocycles. The molecule has 0 bridgehead atoms. The molecule has 1 unspecified atom stereocenters. The minimum Gasteiger partial charge on any atom is -0.377 e. The number of non-ortho nitro benzene ring substituents is 1. The first-order valence-corrected chi connectivity index (χ1v) is 7.67. The number of piperidine rings is 1. The smallest absolute Gasteiger partial charge is 0.270 e. The van der Waals surface area contributed by atoms with Crippen molar-refractivity contribution in [2.75, 3.05) is 19.7 Å². The van der Waals surface area contributed by atoms with Crippen LogP contribution in [0.3, 0.4) is 0 Å². The number of nitro benzene ring substituents is 1. The van der Waals surface area contributed by atoms with E-state index in [1.165, 1.54) is 18.2 Å². The van der Waals surface area contributed by atoms with Crippen molar-refractivity contribution in [1.29, 1.82) is 0 Å². The summed E-state index contributed by atoms with van der Waals surface area (Å²) >= 11 is 3.29. The molecule has 21 heavy (non-hydrogen) atoms. The van der Waals surface area contributed by atoms with Gasteiger partial charge in [-0.05, 0) is 41.8 Å². The fourth-order valence-corrected chi connectivity index (χ4v) is 2.87. The van der Waals surface area contributed by atoms with Crippen LogP contribution in [0.15, 0.2) is 22.7 Å². The second kappa shape index (κ2) is 7.00. The monoisotopic (exact) mass is 356 g/mol. The van der Waals surface area contributed by atoms with Gasteiger partial charge in [-0.2, -0.15) is 0 Å². The van der Waals surface area contributed by atoms with Crippen LogP contribution in [0.25, 0.3) is 0 Å². The highest BCUT2D eigenvalue weighted by atomic mass is 79.9. The van der Waals surface area contributed by atoms with Gasteiger partial charge in [-0.3, -0.25) is 14.9 Å². The van der Waals surface area contributed by atoms with E-state index < -0.39 is 4.92 Å². The Kier molecular flexibility index (Phi) is 5.30. The molecule has 6 nitrogen and oxygen atoms in total. The van der Waals surface area contributed by atoms with Crippen molar-refractivity contribution in [2.24, 2.45) is 0 Å². The van der Waals surface area contributed by atoms with E-state index >= 15 is 0 Å². The maximum absolute atomic E-state index is 12.6. The average molecular weight is 357 g/mol. The molecule has 0 aromatic heterocycles. The molecular weight excluding hydrogens is 340 g/mol. The number of amides is 1. The molecule has 2 rings (SSSR count). The molecule has 7 heteroatoms. The van der Waals surface area contributed by atoms with Crippen LogP contribution in [-0.2, 0) is 4.74 Å². The summed E-state index contributed by atoms with van der Waals surface area (Å²) in [5.74, 6) is -0.199. The molecule has 1 amide bonds. The second-order valence-electron chi connectivity index (χ2n) is 4.89. The van der Waals surface area contributed by atoms with Crippen LogP contribution in [-0.4, -0.2) is 41.5 Å². The summed E-state index contributed by atoms with van der Waals surface area (Å²) in [4.78, 5) is 24.6. The molecular formula is C14H17BrN2O4. The molecule has 1 aromatic carbocycles. The van der Waals surface area contributed by atoms with Gasteiger partial charge in [0.05, 0.1) is 16.6 Å². The lowest BCUT2D eigenvalue weighted by atomic mass is 10.1. The topological polar surface area (TPSA) is 72.7 Å². The highest BCUT2D eigenvalue weighted by molar-refractivity contribution is 9.10. The zero-order valence-corrected chi connectivity index (χ0v) is 13.3. The first-order chi connectivity index (χ1) is 10.0. The molecule has 114 valence electrons. The van der Waals surface area contributed by atoms with Gasteiger partial charge >= 0.3 is 0 Å². The number of ether oxygens (including phenoxy) is 1. The van der Waals surface area contributed by atoms with Crippen LogP contribution in [0.5, 0.6) is 0 Å². The van der Waals surface area contributed by atoms with Gasteiger partial charge in [0.2, 0.25) is 0 Å². The fraction of sp³-hybridized carbons (Fsp3) is 0.500. The molecule has 0 aliphatic carbocycles. The minimum absolute atomic E-state index is 0.0465. The Bertz CT molecular complexity index is 548. The van der Waals surface area contributed by atoms with Crippen LogP contribution >= 0.6 is 15.9 Å². The third kappa shape index (κ3) is 3.79. The highest BCUT2D eigenvalue weighted by Crippen LogP contribution is 2.25. The Labute approximate surface area is 131 Å². The van der Waals surface area contributed by atoms with E-state index in [9.17, 15) is 14.9 Å².